The number of hydrogen-bond acceptors (Lipinski definition) is 4. The average Bonchev–Trinajstić information content (AvgIpc) is 2.95. The first-order valence-corrected chi connectivity index (χ1v) is 9.06. The van der Waals surface area contributed by atoms with Crippen molar-refractivity contribution in [1.82, 2.24) is 0 Å². The van der Waals surface area contributed by atoms with E-state index in [1.165, 1.54) is 0 Å². The molecule has 26 heavy (non-hydrogen) atoms. The molecule has 1 heterocycles. The number of anilines is 1. The van der Waals surface area contributed by atoms with Gasteiger partial charge in [-0.15, -0.1) is 0 Å². The van der Waals surface area contributed by atoms with Gasteiger partial charge in [0.25, 0.3) is 5.91 Å². The first-order chi connectivity index (χ1) is 12.5. The number of rotatable bonds is 6. The maximum Gasteiger partial charge on any atom is 0.262 e. The molecule has 1 aliphatic rings. The summed E-state index contributed by atoms with van der Waals surface area (Å²) in [6.07, 6.45) is 0.938. The summed E-state index contributed by atoms with van der Waals surface area (Å²) in [6.45, 7) is 4.23. The SMILES string of the molecule is CCOc1cc2c(cc1NC(=O)COc1ccc(Cl)c(Cl)c1)O[C@@H](C)C2. The van der Waals surface area contributed by atoms with Crippen LogP contribution in [0.2, 0.25) is 10.0 Å². The predicted octanol–water partition coefficient (Wildman–Crippen LogP) is 4.73. The largest absolute Gasteiger partial charge is 0.492 e. The Morgan fingerprint density at radius 1 is 1.23 bits per heavy atom. The van der Waals surface area contributed by atoms with Crippen LogP contribution >= 0.6 is 23.2 Å². The fraction of sp³-hybridized carbons (Fsp3) is 0.316. The van der Waals surface area contributed by atoms with Gasteiger partial charge in [-0.1, -0.05) is 23.2 Å². The molecule has 138 valence electrons. The Morgan fingerprint density at radius 3 is 2.77 bits per heavy atom. The van der Waals surface area contributed by atoms with Crippen molar-refractivity contribution in [2.75, 3.05) is 18.5 Å². The van der Waals surface area contributed by atoms with Crippen molar-refractivity contribution in [2.45, 2.75) is 26.4 Å². The lowest BCUT2D eigenvalue weighted by Crippen LogP contribution is -2.20. The van der Waals surface area contributed by atoms with Crippen molar-refractivity contribution in [3.05, 3.63) is 45.9 Å². The number of ether oxygens (including phenoxy) is 3. The van der Waals surface area contributed by atoms with Crippen LogP contribution < -0.4 is 19.5 Å². The Hall–Kier alpha value is -2.11. The summed E-state index contributed by atoms with van der Waals surface area (Å²) in [5.41, 5.74) is 1.63. The highest BCUT2D eigenvalue weighted by Gasteiger charge is 2.22. The van der Waals surface area contributed by atoms with Gasteiger partial charge in [-0.3, -0.25) is 4.79 Å². The maximum atomic E-state index is 12.3. The number of carbonyl (C=O) groups is 1. The number of hydrogen-bond donors (Lipinski definition) is 1. The standard InChI is InChI=1S/C19H19Cl2NO4/c1-3-24-18-7-12-6-11(2)26-17(12)9-16(18)22-19(23)10-25-13-4-5-14(20)15(21)8-13/h4-5,7-9,11H,3,6,10H2,1-2H3,(H,22,23)/t11-/m0/s1. The number of amides is 1. The zero-order chi connectivity index (χ0) is 18.7. The van der Waals surface area contributed by atoms with Crippen molar-refractivity contribution in [3.63, 3.8) is 0 Å². The number of halogens is 2. The van der Waals surface area contributed by atoms with Crippen molar-refractivity contribution >= 4 is 34.8 Å². The van der Waals surface area contributed by atoms with Crippen molar-refractivity contribution in [3.8, 4) is 17.2 Å². The lowest BCUT2D eigenvalue weighted by atomic mass is 10.1. The highest BCUT2D eigenvalue weighted by atomic mass is 35.5. The molecule has 1 aliphatic heterocycles. The van der Waals surface area contributed by atoms with Crippen LogP contribution in [-0.4, -0.2) is 25.2 Å². The molecule has 7 heteroatoms. The lowest BCUT2D eigenvalue weighted by Gasteiger charge is -2.14. The third kappa shape index (κ3) is 4.34. The molecule has 0 unspecified atom stereocenters. The second-order valence-corrected chi connectivity index (χ2v) is 6.75. The molecule has 2 aromatic rings. The van der Waals surface area contributed by atoms with Gasteiger partial charge in [-0.05, 0) is 32.0 Å². The lowest BCUT2D eigenvalue weighted by molar-refractivity contribution is -0.118. The topological polar surface area (TPSA) is 56.8 Å². The molecule has 0 fully saturated rings. The molecule has 0 aliphatic carbocycles. The summed E-state index contributed by atoms with van der Waals surface area (Å²) in [6, 6.07) is 8.53. The van der Waals surface area contributed by atoms with Crippen molar-refractivity contribution < 1.29 is 19.0 Å². The minimum atomic E-state index is -0.317. The predicted molar refractivity (Wildman–Crippen MR) is 102 cm³/mol. The first-order valence-electron chi connectivity index (χ1n) is 8.30. The average molecular weight is 396 g/mol. The van der Waals surface area contributed by atoms with Crippen LogP contribution in [0.3, 0.4) is 0 Å². The van der Waals surface area contributed by atoms with Gasteiger partial charge in [0.2, 0.25) is 0 Å². The summed E-state index contributed by atoms with van der Waals surface area (Å²) in [4.78, 5) is 12.3. The first kappa shape index (κ1) is 18.7. The highest BCUT2D eigenvalue weighted by Crippen LogP contribution is 2.38. The molecule has 1 atom stereocenters. The Kier molecular flexibility index (Phi) is 5.79. The van der Waals surface area contributed by atoms with Crippen molar-refractivity contribution in [1.29, 1.82) is 0 Å². The van der Waals surface area contributed by atoms with E-state index >= 15 is 0 Å². The zero-order valence-electron chi connectivity index (χ0n) is 14.5. The van der Waals surface area contributed by atoms with Crippen LogP contribution in [-0.2, 0) is 11.2 Å². The van der Waals surface area contributed by atoms with Gasteiger partial charge in [0, 0.05) is 24.1 Å². The minimum absolute atomic E-state index is 0.114. The molecule has 1 N–H and O–H groups in total. The molecule has 3 rings (SSSR count). The highest BCUT2D eigenvalue weighted by molar-refractivity contribution is 6.42. The summed E-state index contributed by atoms with van der Waals surface area (Å²) in [7, 11) is 0. The van der Waals surface area contributed by atoms with E-state index in [1.54, 1.807) is 24.3 Å². The summed E-state index contributed by atoms with van der Waals surface area (Å²) >= 11 is 11.8. The van der Waals surface area contributed by atoms with E-state index in [1.807, 2.05) is 19.9 Å². The van der Waals surface area contributed by atoms with Gasteiger partial charge in [0.05, 0.1) is 22.3 Å². The normalized spacial score (nSPS) is 15.2. The van der Waals surface area contributed by atoms with Gasteiger partial charge in [-0.25, -0.2) is 0 Å². The Labute approximate surface area is 162 Å². The second-order valence-electron chi connectivity index (χ2n) is 5.93. The molecule has 0 spiro atoms. The van der Waals surface area contributed by atoms with E-state index in [-0.39, 0.29) is 18.6 Å². The number of fused-ring (bicyclic) bond motifs is 1. The number of benzene rings is 2. The fourth-order valence-corrected chi connectivity index (χ4v) is 3.00. The Balaban J connectivity index is 1.68. The molecular formula is C19H19Cl2NO4. The molecule has 0 radical (unpaired) electrons. The van der Waals surface area contributed by atoms with Crippen LogP contribution in [0.25, 0.3) is 0 Å². The number of carbonyl (C=O) groups excluding carboxylic acids is 1. The van der Waals surface area contributed by atoms with Crippen molar-refractivity contribution in [2.24, 2.45) is 0 Å². The zero-order valence-corrected chi connectivity index (χ0v) is 16.0. The fourth-order valence-electron chi connectivity index (χ4n) is 2.71. The Morgan fingerprint density at radius 2 is 2.04 bits per heavy atom. The van der Waals surface area contributed by atoms with Crippen LogP contribution in [0, 0.1) is 0 Å². The molecule has 5 nitrogen and oxygen atoms in total. The smallest absolute Gasteiger partial charge is 0.262 e. The molecule has 1 amide bonds. The molecule has 0 saturated heterocycles. The van der Waals surface area contributed by atoms with Gasteiger partial charge in [0.15, 0.2) is 6.61 Å². The monoisotopic (exact) mass is 395 g/mol. The van der Waals surface area contributed by atoms with E-state index in [0.29, 0.717) is 33.8 Å². The van der Waals surface area contributed by atoms with E-state index < -0.39 is 0 Å². The quantitative estimate of drug-likeness (QED) is 0.767. The van der Waals surface area contributed by atoms with E-state index in [2.05, 4.69) is 5.32 Å². The second kappa shape index (κ2) is 8.06. The Bertz CT molecular complexity index is 825. The summed E-state index contributed by atoms with van der Waals surface area (Å²) < 4.78 is 16.9. The molecule has 0 saturated carbocycles. The van der Waals surface area contributed by atoms with Gasteiger partial charge < -0.3 is 19.5 Å². The number of nitrogens with one attached hydrogen (secondary N) is 1. The van der Waals surface area contributed by atoms with E-state index in [9.17, 15) is 4.79 Å². The van der Waals surface area contributed by atoms with Gasteiger partial charge in [0.1, 0.15) is 23.4 Å². The minimum Gasteiger partial charge on any atom is -0.492 e. The molecule has 0 aromatic heterocycles. The van der Waals surface area contributed by atoms with Crippen LogP contribution in [0.4, 0.5) is 5.69 Å². The van der Waals surface area contributed by atoms with Gasteiger partial charge in [-0.2, -0.15) is 0 Å². The van der Waals surface area contributed by atoms with E-state index in [4.69, 9.17) is 37.4 Å². The summed E-state index contributed by atoms with van der Waals surface area (Å²) in [5, 5.41) is 3.60. The maximum absolute atomic E-state index is 12.3. The summed E-state index contributed by atoms with van der Waals surface area (Å²) in [5.74, 6) is 1.53. The molecule has 2 aromatic carbocycles. The van der Waals surface area contributed by atoms with Gasteiger partial charge >= 0.3 is 0 Å². The van der Waals surface area contributed by atoms with Crippen LogP contribution in [0.5, 0.6) is 17.2 Å². The van der Waals surface area contributed by atoms with E-state index in [0.717, 1.165) is 17.7 Å². The third-order valence-corrected chi connectivity index (χ3v) is 4.57. The molecular weight excluding hydrogens is 377 g/mol. The molecule has 0 bridgehead atoms. The van der Waals surface area contributed by atoms with Crippen LogP contribution in [0.1, 0.15) is 19.4 Å². The third-order valence-electron chi connectivity index (χ3n) is 3.83. The van der Waals surface area contributed by atoms with Crippen LogP contribution in [0.15, 0.2) is 30.3 Å².